The third-order valence-electron chi connectivity index (χ3n) is 2.17. The minimum Gasteiger partial charge on any atom is -0.398 e. The average molecular weight is 317 g/mol. The van der Waals surface area contributed by atoms with Crippen LogP contribution >= 0.6 is 44.8 Å². The van der Waals surface area contributed by atoms with E-state index in [1.54, 1.807) is 24.3 Å². The zero-order chi connectivity index (χ0) is 13.1. The summed E-state index contributed by atoms with van der Waals surface area (Å²) in [6, 6.07) is 10.8. The second-order valence-electron chi connectivity index (χ2n) is 3.53. The number of hydrogen-bond acceptors (Lipinski definition) is 4. The Morgan fingerprint density at radius 2 is 1.11 bits per heavy atom. The number of anilines is 2. The van der Waals surface area contributed by atoms with Crippen LogP contribution in [0.2, 0.25) is 10.0 Å². The van der Waals surface area contributed by atoms with Crippen LogP contribution in [0.25, 0.3) is 0 Å². The fraction of sp³-hybridized carbons (Fsp3) is 0. The summed E-state index contributed by atoms with van der Waals surface area (Å²) in [5.41, 5.74) is 13.1. The van der Waals surface area contributed by atoms with Gasteiger partial charge >= 0.3 is 0 Å². The van der Waals surface area contributed by atoms with Crippen molar-refractivity contribution < 1.29 is 0 Å². The van der Waals surface area contributed by atoms with Crippen molar-refractivity contribution in [2.75, 3.05) is 11.5 Å². The van der Waals surface area contributed by atoms with Crippen molar-refractivity contribution in [1.29, 1.82) is 0 Å². The number of rotatable bonds is 3. The van der Waals surface area contributed by atoms with E-state index in [2.05, 4.69) is 0 Å². The van der Waals surface area contributed by atoms with Gasteiger partial charge in [0.1, 0.15) is 0 Å². The summed E-state index contributed by atoms with van der Waals surface area (Å²) in [5, 5.41) is 1.32. The van der Waals surface area contributed by atoms with E-state index in [0.717, 1.165) is 9.79 Å². The SMILES string of the molecule is Nc1ccc(Cl)cc1SSc1cc(Cl)ccc1N. The molecular formula is C12H10Cl2N2S2. The Morgan fingerprint density at radius 3 is 1.50 bits per heavy atom. The standard InChI is InChI=1S/C12H10Cl2N2S2/c13-7-1-3-9(15)11(5-7)17-18-12-6-8(14)2-4-10(12)16/h1-6H,15-16H2. The molecule has 0 saturated carbocycles. The van der Waals surface area contributed by atoms with Crippen molar-refractivity contribution in [3.63, 3.8) is 0 Å². The molecule has 2 aromatic rings. The first kappa shape index (κ1) is 13.7. The third-order valence-corrected chi connectivity index (χ3v) is 5.12. The molecule has 2 nitrogen and oxygen atoms in total. The molecule has 0 fully saturated rings. The van der Waals surface area contributed by atoms with Gasteiger partial charge in [0, 0.05) is 31.2 Å². The molecule has 0 spiro atoms. The van der Waals surface area contributed by atoms with Crippen molar-refractivity contribution in [3.8, 4) is 0 Å². The van der Waals surface area contributed by atoms with Crippen molar-refractivity contribution in [2.45, 2.75) is 9.79 Å². The summed E-state index contributed by atoms with van der Waals surface area (Å²) in [5.74, 6) is 0. The molecule has 6 heteroatoms. The summed E-state index contributed by atoms with van der Waals surface area (Å²) in [6.07, 6.45) is 0. The van der Waals surface area contributed by atoms with Crippen LogP contribution in [0.5, 0.6) is 0 Å². The first-order valence-corrected chi connectivity index (χ1v) is 7.91. The molecule has 94 valence electrons. The van der Waals surface area contributed by atoms with Gasteiger partial charge in [-0.05, 0) is 36.4 Å². The molecule has 0 aromatic heterocycles. The third kappa shape index (κ3) is 3.42. The zero-order valence-corrected chi connectivity index (χ0v) is 12.3. The summed E-state index contributed by atoms with van der Waals surface area (Å²) in [6.45, 7) is 0. The minimum atomic E-state index is 0.659. The van der Waals surface area contributed by atoms with Crippen LogP contribution in [-0.2, 0) is 0 Å². The molecule has 0 bridgehead atoms. The van der Waals surface area contributed by atoms with E-state index in [9.17, 15) is 0 Å². The number of halogens is 2. The largest absolute Gasteiger partial charge is 0.398 e. The molecule has 0 radical (unpaired) electrons. The fourth-order valence-corrected chi connectivity index (χ4v) is 3.99. The van der Waals surface area contributed by atoms with E-state index >= 15 is 0 Å². The maximum atomic E-state index is 5.93. The average Bonchev–Trinajstić information content (AvgIpc) is 2.34. The molecule has 0 aliphatic heterocycles. The second-order valence-corrected chi connectivity index (χ2v) is 6.62. The second kappa shape index (κ2) is 5.97. The molecular weight excluding hydrogens is 307 g/mol. The molecule has 18 heavy (non-hydrogen) atoms. The number of hydrogen-bond donors (Lipinski definition) is 2. The lowest BCUT2D eigenvalue weighted by atomic mass is 10.3. The molecule has 0 saturated heterocycles. The smallest absolute Gasteiger partial charge is 0.0462 e. The predicted molar refractivity (Wildman–Crippen MR) is 83.4 cm³/mol. The summed E-state index contributed by atoms with van der Waals surface area (Å²) >= 11 is 11.9. The van der Waals surface area contributed by atoms with E-state index in [4.69, 9.17) is 34.7 Å². The molecule has 0 heterocycles. The highest BCUT2D eigenvalue weighted by Gasteiger charge is 2.06. The van der Waals surface area contributed by atoms with E-state index in [-0.39, 0.29) is 0 Å². The highest BCUT2D eigenvalue weighted by atomic mass is 35.5. The Balaban J connectivity index is 2.16. The number of nitrogens with two attached hydrogens (primary N) is 2. The number of nitrogen functional groups attached to an aromatic ring is 2. The molecule has 2 aromatic carbocycles. The van der Waals surface area contributed by atoms with Gasteiger partial charge in [-0.3, -0.25) is 0 Å². The Kier molecular flexibility index (Phi) is 4.56. The number of benzene rings is 2. The van der Waals surface area contributed by atoms with Gasteiger partial charge in [0.2, 0.25) is 0 Å². The van der Waals surface area contributed by atoms with Gasteiger partial charge in [-0.25, -0.2) is 0 Å². The van der Waals surface area contributed by atoms with Gasteiger partial charge in [0.25, 0.3) is 0 Å². The topological polar surface area (TPSA) is 52.0 Å². The van der Waals surface area contributed by atoms with Crippen molar-refractivity contribution >= 4 is 56.2 Å². The van der Waals surface area contributed by atoms with Crippen molar-refractivity contribution in [1.82, 2.24) is 0 Å². The van der Waals surface area contributed by atoms with Crippen LogP contribution in [0, 0.1) is 0 Å². The molecule has 0 atom stereocenters. The maximum Gasteiger partial charge on any atom is 0.0462 e. The monoisotopic (exact) mass is 316 g/mol. The molecule has 4 N–H and O–H groups in total. The van der Waals surface area contributed by atoms with E-state index in [1.807, 2.05) is 12.1 Å². The molecule has 0 aliphatic rings. The van der Waals surface area contributed by atoms with Gasteiger partial charge < -0.3 is 11.5 Å². The summed E-state index contributed by atoms with van der Waals surface area (Å²) in [4.78, 5) is 1.82. The lowest BCUT2D eigenvalue weighted by molar-refractivity contribution is 1.46. The molecule has 0 amide bonds. The maximum absolute atomic E-state index is 5.93. The Labute approximate surface area is 123 Å². The normalized spacial score (nSPS) is 10.6. The Hall–Kier alpha value is -0.680. The van der Waals surface area contributed by atoms with Gasteiger partial charge in [-0.15, -0.1) is 0 Å². The molecule has 0 aliphatic carbocycles. The Morgan fingerprint density at radius 1 is 0.722 bits per heavy atom. The van der Waals surface area contributed by atoms with E-state index < -0.39 is 0 Å². The van der Waals surface area contributed by atoms with Crippen LogP contribution in [-0.4, -0.2) is 0 Å². The van der Waals surface area contributed by atoms with Gasteiger partial charge in [-0.1, -0.05) is 44.8 Å². The first-order chi connectivity index (χ1) is 8.56. The van der Waals surface area contributed by atoms with Crippen molar-refractivity contribution in [3.05, 3.63) is 46.4 Å². The van der Waals surface area contributed by atoms with Gasteiger partial charge in [-0.2, -0.15) is 0 Å². The first-order valence-electron chi connectivity index (χ1n) is 5.01. The van der Waals surface area contributed by atoms with Gasteiger partial charge in [0.05, 0.1) is 0 Å². The van der Waals surface area contributed by atoms with E-state index in [0.29, 0.717) is 21.4 Å². The van der Waals surface area contributed by atoms with E-state index in [1.165, 1.54) is 21.6 Å². The van der Waals surface area contributed by atoms with Crippen LogP contribution in [0.15, 0.2) is 46.2 Å². The quantitative estimate of drug-likeness (QED) is 0.621. The Bertz CT molecular complexity index is 524. The molecule has 2 rings (SSSR count). The summed E-state index contributed by atoms with van der Waals surface area (Å²) < 4.78 is 0. The van der Waals surface area contributed by atoms with Crippen LogP contribution < -0.4 is 11.5 Å². The minimum absolute atomic E-state index is 0.659. The predicted octanol–water partition coefficient (Wildman–Crippen LogP) is 4.96. The highest BCUT2D eigenvalue weighted by molar-refractivity contribution is 8.76. The van der Waals surface area contributed by atoms with Crippen molar-refractivity contribution in [2.24, 2.45) is 0 Å². The fourth-order valence-electron chi connectivity index (χ4n) is 1.25. The molecule has 0 unspecified atom stereocenters. The lowest BCUT2D eigenvalue weighted by Crippen LogP contribution is -1.88. The van der Waals surface area contributed by atoms with Crippen LogP contribution in [0.4, 0.5) is 11.4 Å². The summed E-state index contributed by atoms with van der Waals surface area (Å²) in [7, 11) is 3.01. The lowest BCUT2D eigenvalue weighted by Gasteiger charge is -2.07. The zero-order valence-electron chi connectivity index (χ0n) is 9.19. The van der Waals surface area contributed by atoms with Gasteiger partial charge in [0.15, 0.2) is 0 Å². The van der Waals surface area contributed by atoms with Crippen LogP contribution in [0.3, 0.4) is 0 Å². The van der Waals surface area contributed by atoms with Crippen LogP contribution in [0.1, 0.15) is 0 Å². The highest BCUT2D eigenvalue weighted by Crippen LogP contribution is 2.43.